The largest absolute Gasteiger partial charge is 0.461 e. The van der Waals surface area contributed by atoms with Gasteiger partial charge in [0.2, 0.25) is 0 Å². The summed E-state index contributed by atoms with van der Waals surface area (Å²) in [6.07, 6.45) is 0.612. The summed E-state index contributed by atoms with van der Waals surface area (Å²) in [7, 11) is 8.22. The molecule has 0 fully saturated rings. The second-order valence-corrected chi connectivity index (χ2v) is 8.86. The fourth-order valence-electron chi connectivity index (χ4n) is 3.59. The molecule has 144 valence electrons. The van der Waals surface area contributed by atoms with Gasteiger partial charge in [-0.2, -0.15) is 0 Å². The predicted octanol–water partition coefficient (Wildman–Crippen LogP) is -1.29. The van der Waals surface area contributed by atoms with Gasteiger partial charge in [-0.05, 0) is 44.0 Å². The molecular formula is C19H18B4Br2O4. The number of halogens is 2. The molecule has 3 rings (SSSR count). The molecule has 0 unspecified atom stereocenters. The molecule has 0 amide bonds. The van der Waals surface area contributed by atoms with Crippen molar-refractivity contribution in [1.82, 2.24) is 0 Å². The Labute approximate surface area is 190 Å². The number of ether oxygens (including phenoxy) is 1. The van der Waals surface area contributed by atoms with Crippen LogP contribution in [0.25, 0.3) is 11.0 Å². The zero-order valence-corrected chi connectivity index (χ0v) is 20.4. The van der Waals surface area contributed by atoms with Crippen LogP contribution in [0.15, 0.2) is 25.5 Å². The quantitative estimate of drug-likeness (QED) is 0.189. The van der Waals surface area contributed by atoms with Gasteiger partial charge in [-0.1, -0.05) is 23.3 Å². The van der Waals surface area contributed by atoms with E-state index in [0.717, 1.165) is 21.9 Å². The average Bonchev–Trinajstić information content (AvgIpc) is 3.06. The molecule has 10 heteroatoms. The molecule has 0 saturated carbocycles. The summed E-state index contributed by atoms with van der Waals surface area (Å²) in [5.41, 5.74) is 6.33. The first-order valence-corrected chi connectivity index (χ1v) is 10.9. The van der Waals surface area contributed by atoms with Gasteiger partial charge in [-0.15, -0.1) is 5.46 Å². The van der Waals surface area contributed by atoms with Crippen LogP contribution in [-0.4, -0.2) is 43.1 Å². The molecule has 0 aliphatic rings. The molecule has 0 saturated heterocycles. The molecular weight excluding hydrogens is 495 g/mol. The second kappa shape index (κ2) is 8.23. The summed E-state index contributed by atoms with van der Waals surface area (Å²) in [5.74, 6) is 0.469. The molecule has 1 heterocycles. The molecule has 1 aromatic heterocycles. The zero-order valence-electron chi connectivity index (χ0n) is 17.3. The maximum absolute atomic E-state index is 13.6. The van der Waals surface area contributed by atoms with Crippen LogP contribution in [-0.2, 0) is 11.2 Å². The highest BCUT2D eigenvalue weighted by Gasteiger charge is 2.26. The van der Waals surface area contributed by atoms with E-state index in [2.05, 4.69) is 47.6 Å². The zero-order chi connectivity index (χ0) is 21.6. The van der Waals surface area contributed by atoms with Crippen molar-refractivity contribution in [3.63, 3.8) is 0 Å². The van der Waals surface area contributed by atoms with Gasteiger partial charge < -0.3 is 9.15 Å². The lowest BCUT2D eigenvalue weighted by molar-refractivity contribution is -0.131. The highest BCUT2D eigenvalue weighted by Crippen LogP contribution is 2.36. The standard InChI is InChI=1S/C19H18B4Br2O4/c1-3-10-11(12-13(20)14(21)15(22)16(23)19(12)29-10)17(27)7-4-8(24)18(9(25)5-7)28-6(2)26/h4-5H,3,20-23H2,1-2H3. The minimum Gasteiger partial charge on any atom is -0.461 e. The monoisotopic (exact) mass is 512 g/mol. The Morgan fingerprint density at radius 1 is 1.00 bits per heavy atom. The Morgan fingerprint density at radius 3 is 2.07 bits per heavy atom. The van der Waals surface area contributed by atoms with Gasteiger partial charge in [0.25, 0.3) is 0 Å². The maximum atomic E-state index is 13.6. The smallest absolute Gasteiger partial charge is 0.308 e. The number of esters is 1. The van der Waals surface area contributed by atoms with Crippen molar-refractivity contribution in [2.24, 2.45) is 0 Å². The third kappa shape index (κ3) is 3.77. The Kier molecular flexibility index (Phi) is 6.25. The van der Waals surface area contributed by atoms with Crippen molar-refractivity contribution in [2.75, 3.05) is 0 Å². The van der Waals surface area contributed by atoms with Crippen molar-refractivity contribution in [2.45, 2.75) is 20.3 Å². The Bertz CT molecular complexity index is 1160. The summed E-state index contributed by atoms with van der Waals surface area (Å²) in [6.45, 7) is 3.31. The minimum absolute atomic E-state index is 0.123. The summed E-state index contributed by atoms with van der Waals surface area (Å²) in [6, 6.07) is 3.35. The van der Waals surface area contributed by atoms with Gasteiger partial charge in [-0.3, -0.25) is 9.59 Å². The number of furan rings is 1. The lowest BCUT2D eigenvalue weighted by Crippen LogP contribution is -2.47. The highest BCUT2D eigenvalue weighted by atomic mass is 79.9. The van der Waals surface area contributed by atoms with Crippen LogP contribution in [0.3, 0.4) is 0 Å². The summed E-state index contributed by atoms with van der Waals surface area (Å²) in [4.78, 5) is 24.9. The number of carbonyl (C=O) groups is 2. The van der Waals surface area contributed by atoms with E-state index >= 15 is 0 Å². The van der Waals surface area contributed by atoms with E-state index in [1.54, 1.807) is 12.1 Å². The number of carbonyl (C=O) groups excluding carboxylic acids is 2. The molecule has 4 nitrogen and oxygen atoms in total. The molecule has 3 aromatic rings. The van der Waals surface area contributed by atoms with Crippen LogP contribution in [0.4, 0.5) is 0 Å². The van der Waals surface area contributed by atoms with Crippen LogP contribution in [0.2, 0.25) is 0 Å². The fraction of sp³-hybridized carbons (Fsp3) is 0.158. The number of rotatable bonds is 4. The van der Waals surface area contributed by atoms with E-state index in [-0.39, 0.29) is 5.78 Å². The van der Waals surface area contributed by atoms with E-state index in [0.29, 0.717) is 38.0 Å². The normalized spacial score (nSPS) is 11.0. The van der Waals surface area contributed by atoms with Crippen molar-refractivity contribution in [3.8, 4) is 5.75 Å². The summed E-state index contributed by atoms with van der Waals surface area (Å²) in [5, 5.41) is 0.878. The van der Waals surface area contributed by atoms with Crippen LogP contribution in [0.1, 0.15) is 35.5 Å². The number of fused-ring (bicyclic) bond motifs is 1. The van der Waals surface area contributed by atoms with Crippen LogP contribution in [0, 0.1) is 0 Å². The number of ketones is 1. The highest BCUT2D eigenvalue weighted by molar-refractivity contribution is 9.11. The molecule has 0 spiro atoms. The second-order valence-electron chi connectivity index (χ2n) is 7.15. The van der Waals surface area contributed by atoms with Gasteiger partial charge in [0.15, 0.2) is 11.5 Å². The lowest BCUT2D eigenvalue weighted by Gasteiger charge is -2.13. The summed E-state index contributed by atoms with van der Waals surface area (Å²) < 4.78 is 12.4. The van der Waals surface area contributed by atoms with Crippen molar-refractivity contribution in [1.29, 1.82) is 0 Å². The molecule has 0 atom stereocenters. The Balaban J connectivity index is 2.26. The van der Waals surface area contributed by atoms with Crippen LogP contribution in [0.5, 0.6) is 5.75 Å². The number of aryl methyl sites for hydroxylation is 1. The minimum atomic E-state index is -0.434. The third-order valence-electron chi connectivity index (χ3n) is 5.44. The van der Waals surface area contributed by atoms with Gasteiger partial charge >= 0.3 is 5.97 Å². The van der Waals surface area contributed by atoms with Crippen molar-refractivity contribution >= 4 is 108 Å². The van der Waals surface area contributed by atoms with Crippen molar-refractivity contribution < 1.29 is 18.7 Å². The average molecular weight is 513 g/mol. The third-order valence-corrected chi connectivity index (χ3v) is 6.62. The number of hydrogen-bond donors (Lipinski definition) is 0. The van der Waals surface area contributed by atoms with E-state index < -0.39 is 5.97 Å². The first-order chi connectivity index (χ1) is 13.6. The first-order valence-electron chi connectivity index (χ1n) is 9.32. The fourth-order valence-corrected chi connectivity index (χ4v) is 4.93. The first kappa shape index (κ1) is 22.0. The molecule has 0 bridgehead atoms. The van der Waals surface area contributed by atoms with Crippen molar-refractivity contribution in [3.05, 3.63) is 38.0 Å². The molecule has 0 radical (unpaired) electrons. The Hall–Kier alpha value is -1.66. The van der Waals surface area contributed by atoms with E-state index in [1.807, 2.05) is 22.6 Å². The Morgan fingerprint density at radius 2 is 1.55 bits per heavy atom. The SMILES string of the molecule is Bc1c(B)c(B)c2c(C(=O)c3cc(Br)c(OC(C)=O)c(Br)c3)c(CC)oc2c1B. The molecule has 0 aliphatic heterocycles. The molecule has 2 aromatic carbocycles. The van der Waals surface area contributed by atoms with Crippen LogP contribution >= 0.6 is 31.9 Å². The van der Waals surface area contributed by atoms with Gasteiger partial charge in [0.1, 0.15) is 42.7 Å². The molecule has 0 N–H and O–H groups in total. The van der Waals surface area contributed by atoms with Crippen LogP contribution < -0.4 is 26.6 Å². The number of benzene rings is 2. The summed E-state index contributed by atoms with van der Waals surface area (Å²) >= 11 is 6.82. The van der Waals surface area contributed by atoms with E-state index in [4.69, 9.17) is 9.15 Å². The van der Waals surface area contributed by atoms with E-state index in [9.17, 15) is 9.59 Å². The molecule has 29 heavy (non-hydrogen) atoms. The van der Waals surface area contributed by atoms with Gasteiger partial charge in [0.05, 0.1) is 14.5 Å². The van der Waals surface area contributed by atoms with E-state index in [1.165, 1.54) is 17.8 Å². The molecule has 0 aliphatic carbocycles. The van der Waals surface area contributed by atoms with Gasteiger partial charge in [0, 0.05) is 24.3 Å². The predicted molar refractivity (Wildman–Crippen MR) is 135 cm³/mol. The lowest BCUT2D eigenvalue weighted by atomic mass is 9.65. The topological polar surface area (TPSA) is 56.5 Å². The maximum Gasteiger partial charge on any atom is 0.308 e. The number of hydrogen-bond acceptors (Lipinski definition) is 4. The van der Waals surface area contributed by atoms with Gasteiger partial charge in [-0.25, -0.2) is 0 Å².